The maximum Gasteiger partial charge on any atom is 0.151 e. The largest absolute Gasteiger partial charge is 0.309 e. The van der Waals surface area contributed by atoms with Crippen molar-refractivity contribution in [1.29, 1.82) is 0 Å². The molecular formula is C17H26N2O2S. The van der Waals surface area contributed by atoms with Crippen LogP contribution in [0.3, 0.4) is 0 Å². The molecule has 0 aliphatic carbocycles. The summed E-state index contributed by atoms with van der Waals surface area (Å²) in [4.78, 5) is 2.49. The molecular weight excluding hydrogens is 296 g/mol. The van der Waals surface area contributed by atoms with Crippen LogP contribution in [0.4, 0.5) is 0 Å². The smallest absolute Gasteiger partial charge is 0.151 e. The minimum absolute atomic E-state index is 0.152. The number of hydrogen-bond donors (Lipinski definition) is 1. The van der Waals surface area contributed by atoms with Gasteiger partial charge in [0.25, 0.3) is 0 Å². The lowest BCUT2D eigenvalue weighted by Gasteiger charge is -2.38. The Morgan fingerprint density at radius 2 is 1.95 bits per heavy atom. The molecule has 22 heavy (non-hydrogen) atoms. The van der Waals surface area contributed by atoms with E-state index in [4.69, 9.17) is 0 Å². The highest BCUT2D eigenvalue weighted by atomic mass is 32.2. The van der Waals surface area contributed by atoms with Gasteiger partial charge in [-0.25, -0.2) is 8.42 Å². The number of rotatable bonds is 4. The summed E-state index contributed by atoms with van der Waals surface area (Å²) in [6, 6.07) is 11.1. The Balaban J connectivity index is 1.57. The van der Waals surface area contributed by atoms with Crippen molar-refractivity contribution < 1.29 is 8.42 Å². The molecule has 0 bridgehead atoms. The van der Waals surface area contributed by atoms with E-state index in [1.807, 2.05) is 6.07 Å². The van der Waals surface area contributed by atoms with Crippen LogP contribution < -0.4 is 5.32 Å². The maximum absolute atomic E-state index is 11.6. The van der Waals surface area contributed by atoms with Gasteiger partial charge in [-0.15, -0.1) is 0 Å². The zero-order chi connectivity index (χ0) is 15.6. The molecule has 5 heteroatoms. The van der Waals surface area contributed by atoms with Crippen molar-refractivity contribution in [2.45, 2.75) is 38.4 Å². The van der Waals surface area contributed by atoms with Gasteiger partial charge in [0.2, 0.25) is 0 Å². The van der Waals surface area contributed by atoms with Crippen LogP contribution in [0.25, 0.3) is 0 Å². The van der Waals surface area contributed by atoms with Gasteiger partial charge < -0.3 is 5.32 Å². The molecule has 2 aliphatic rings. The first-order chi connectivity index (χ1) is 10.5. The number of likely N-dealkylation sites (tertiary alicyclic amines) is 1. The van der Waals surface area contributed by atoms with E-state index in [9.17, 15) is 8.42 Å². The van der Waals surface area contributed by atoms with E-state index in [-0.39, 0.29) is 6.04 Å². The van der Waals surface area contributed by atoms with Crippen molar-refractivity contribution in [3.8, 4) is 0 Å². The van der Waals surface area contributed by atoms with Gasteiger partial charge in [0.15, 0.2) is 9.84 Å². The lowest BCUT2D eigenvalue weighted by Crippen LogP contribution is -2.51. The molecule has 3 atom stereocenters. The van der Waals surface area contributed by atoms with Crippen LogP contribution in [-0.4, -0.2) is 50.0 Å². The zero-order valence-electron chi connectivity index (χ0n) is 13.2. The molecule has 2 fully saturated rings. The Kier molecular flexibility index (Phi) is 4.85. The standard InChI is InChI=1S/C17H26N2O2S/c1-14-9-17(18-16-7-8-22(20,21)13-16)12-19(10-14)11-15-5-3-2-4-6-15/h2-6,14,16-18H,7-13H2,1H3/t14-,16+,17+/m1/s1. The van der Waals surface area contributed by atoms with Crippen LogP contribution in [0.1, 0.15) is 25.3 Å². The lowest BCUT2D eigenvalue weighted by molar-refractivity contribution is 0.137. The van der Waals surface area contributed by atoms with Crippen LogP contribution in [-0.2, 0) is 16.4 Å². The maximum atomic E-state index is 11.6. The van der Waals surface area contributed by atoms with Gasteiger partial charge in [-0.05, 0) is 24.3 Å². The topological polar surface area (TPSA) is 49.4 Å². The van der Waals surface area contributed by atoms with E-state index in [1.165, 1.54) is 5.56 Å². The summed E-state index contributed by atoms with van der Waals surface area (Å²) >= 11 is 0. The molecule has 2 heterocycles. The Morgan fingerprint density at radius 1 is 1.18 bits per heavy atom. The van der Waals surface area contributed by atoms with Gasteiger partial charge in [-0.1, -0.05) is 37.3 Å². The van der Waals surface area contributed by atoms with Crippen molar-refractivity contribution in [1.82, 2.24) is 10.2 Å². The predicted molar refractivity (Wildman–Crippen MR) is 89.5 cm³/mol. The first-order valence-corrected chi connectivity index (χ1v) is 10.0. The van der Waals surface area contributed by atoms with Crippen molar-refractivity contribution in [3.05, 3.63) is 35.9 Å². The predicted octanol–water partition coefficient (Wildman–Crippen LogP) is 1.67. The van der Waals surface area contributed by atoms with Gasteiger partial charge in [0.1, 0.15) is 0 Å². The van der Waals surface area contributed by atoms with E-state index < -0.39 is 9.84 Å². The Morgan fingerprint density at radius 3 is 2.64 bits per heavy atom. The number of nitrogens with zero attached hydrogens (tertiary/aromatic N) is 1. The molecule has 0 spiro atoms. The summed E-state index contributed by atoms with van der Waals surface area (Å²) in [5, 5.41) is 3.60. The van der Waals surface area contributed by atoms with Crippen LogP contribution in [0, 0.1) is 5.92 Å². The summed E-state index contributed by atoms with van der Waals surface area (Å²) in [6.07, 6.45) is 1.91. The van der Waals surface area contributed by atoms with Crippen LogP contribution in [0.2, 0.25) is 0 Å². The van der Waals surface area contributed by atoms with Crippen LogP contribution >= 0.6 is 0 Å². The number of hydrogen-bond acceptors (Lipinski definition) is 4. The highest BCUT2D eigenvalue weighted by molar-refractivity contribution is 7.91. The fraction of sp³-hybridized carbons (Fsp3) is 0.647. The molecule has 1 aromatic rings. The number of benzene rings is 1. The zero-order valence-corrected chi connectivity index (χ0v) is 14.1. The van der Waals surface area contributed by atoms with Gasteiger partial charge in [-0.2, -0.15) is 0 Å². The van der Waals surface area contributed by atoms with Crippen LogP contribution in [0.5, 0.6) is 0 Å². The van der Waals surface area contributed by atoms with Gasteiger partial charge in [-0.3, -0.25) is 4.90 Å². The highest BCUT2D eigenvalue weighted by Crippen LogP contribution is 2.21. The molecule has 3 rings (SSSR count). The highest BCUT2D eigenvalue weighted by Gasteiger charge is 2.32. The fourth-order valence-electron chi connectivity index (χ4n) is 3.81. The molecule has 0 unspecified atom stereocenters. The second-order valence-corrected chi connectivity index (χ2v) is 9.21. The molecule has 122 valence electrons. The third kappa shape index (κ3) is 4.31. The minimum Gasteiger partial charge on any atom is -0.309 e. The number of nitrogens with one attached hydrogen (secondary N) is 1. The fourth-order valence-corrected chi connectivity index (χ4v) is 5.50. The molecule has 2 aliphatic heterocycles. The second kappa shape index (κ2) is 6.69. The van der Waals surface area contributed by atoms with Crippen LogP contribution in [0.15, 0.2) is 30.3 Å². The Bertz CT molecular complexity index is 588. The molecule has 0 radical (unpaired) electrons. The average Bonchev–Trinajstić information content (AvgIpc) is 2.78. The van der Waals surface area contributed by atoms with Crippen molar-refractivity contribution in [3.63, 3.8) is 0 Å². The summed E-state index contributed by atoms with van der Waals surface area (Å²) in [6.45, 7) is 5.40. The third-order valence-electron chi connectivity index (χ3n) is 4.69. The molecule has 0 aromatic heterocycles. The van der Waals surface area contributed by atoms with Gasteiger partial charge in [0, 0.05) is 31.7 Å². The van der Waals surface area contributed by atoms with Gasteiger partial charge >= 0.3 is 0 Å². The first kappa shape index (κ1) is 16.0. The second-order valence-electron chi connectivity index (χ2n) is 6.98. The Labute approximate surface area is 133 Å². The summed E-state index contributed by atoms with van der Waals surface area (Å²) in [7, 11) is -2.80. The van der Waals surface area contributed by atoms with Crippen molar-refractivity contribution in [2.75, 3.05) is 24.6 Å². The normalized spacial score (nSPS) is 32.1. The monoisotopic (exact) mass is 322 g/mol. The van der Waals surface area contributed by atoms with Crippen molar-refractivity contribution in [2.24, 2.45) is 5.92 Å². The molecule has 1 N–H and O–H groups in total. The summed E-state index contributed by atoms with van der Waals surface area (Å²) < 4.78 is 23.2. The molecule has 0 amide bonds. The average molecular weight is 322 g/mol. The quantitative estimate of drug-likeness (QED) is 0.916. The Hall–Kier alpha value is -0.910. The minimum atomic E-state index is -2.80. The number of sulfone groups is 1. The van der Waals surface area contributed by atoms with E-state index in [2.05, 4.69) is 41.4 Å². The third-order valence-corrected chi connectivity index (χ3v) is 6.46. The van der Waals surface area contributed by atoms with Crippen molar-refractivity contribution >= 4 is 9.84 Å². The summed E-state index contributed by atoms with van der Waals surface area (Å²) in [5.41, 5.74) is 1.35. The number of piperidine rings is 1. The van der Waals surface area contributed by atoms with E-state index in [1.54, 1.807) is 0 Å². The summed E-state index contributed by atoms with van der Waals surface area (Å²) in [5.74, 6) is 1.31. The van der Waals surface area contributed by atoms with Gasteiger partial charge in [0.05, 0.1) is 11.5 Å². The molecule has 1 aromatic carbocycles. The van der Waals surface area contributed by atoms with E-state index in [0.717, 1.165) is 32.5 Å². The molecule has 0 saturated carbocycles. The van der Waals surface area contributed by atoms with E-state index in [0.29, 0.717) is 23.5 Å². The van der Waals surface area contributed by atoms with E-state index >= 15 is 0 Å². The molecule has 4 nitrogen and oxygen atoms in total. The molecule has 2 saturated heterocycles. The lowest BCUT2D eigenvalue weighted by atomic mass is 9.95. The first-order valence-electron chi connectivity index (χ1n) is 8.23. The SMILES string of the molecule is C[C@@H]1C[C@H](N[C@H]2CCS(=O)(=O)C2)CN(Cc2ccccc2)C1.